The molecule has 2 aromatic heterocycles. The minimum Gasteiger partial charge on any atom is -0.356 e. The zero-order chi connectivity index (χ0) is 12.5. The van der Waals surface area contributed by atoms with Crippen LogP contribution in [0.5, 0.6) is 0 Å². The van der Waals surface area contributed by atoms with Crippen molar-refractivity contribution in [1.82, 2.24) is 14.5 Å². The summed E-state index contributed by atoms with van der Waals surface area (Å²) in [5, 5.41) is 0.00649. The van der Waals surface area contributed by atoms with Crippen LogP contribution in [0, 0.1) is 0 Å². The largest absolute Gasteiger partial charge is 0.356 e. The Labute approximate surface area is 103 Å². The predicted molar refractivity (Wildman–Crippen MR) is 63.3 cm³/mol. The van der Waals surface area contributed by atoms with E-state index in [2.05, 4.69) is 14.7 Å². The predicted octanol–water partition coefficient (Wildman–Crippen LogP) is 1.27. The summed E-state index contributed by atoms with van der Waals surface area (Å²) in [7, 11) is -1.94. The Bertz CT molecular complexity index is 638. The van der Waals surface area contributed by atoms with Crippen molar-refractivity contribution in [3.05, 3.63) is 36.0 Å². The van der Waals surface area contributed by atoms with Gasteiger partial charge in [-0.25, -0.2) is 18.4 Å². The topological polar surface area (TPSA) is 76.9 Å². The summed E-state index contributed by atoms with van der Waals surface area (Å²) in [6.45, 7) is 0. The smallest absolute Gasteiger partial charge is 0.264 e. The van der Waals surface area contributed by atoms with Crippen molar-refractivity contribution in [2.45, 2.75) is 4.90 Å². The fourth-order valence-corrected chi connectivity index (χ4v) is 2.49. The lowest BCUT2D eigenvalue weighted by atomic mass is 10.7. The molecule has 0 spiro atoms. The SMILES string of the molecule is Cn1ccc(S(=O)(=O)Nc2nccnc2Cl)c1. The zero-order valence-corrected chi connectivity index (χ0v) is 10.4. The van der Waals surface area contributed by atoms with E-state index in [4.69, 9.17) is 11.6 Å². The molecule has 1 N–H and O–H groups in total. The molecule has 2 heterocycles. The first-order chi connectivity index (χ1) is 7.99. The molecule has 0 aliphatic rings. The molecular weight excluding hydrogens is 264 g/mol. The summed E-state index contributed by atoms with van der Waals surface area (Å²) in [4.78, 5) is 7.68. The number of aromatic nitrogens is 3. The van der Waals surface area contributed by atoms with Crippen LogP contribution in [0.1, 0.15) is 0 Å². The third kappa shape index (κ3) is 2.56. The van der Waals surface area contributed by atoms with Crippen molar-refractivity contribution in [2.75, 3.05) is 4.72 Å². The van der Waals surface area contributed by atoms with E-state index in [0.29, 0.717) is 0 Å². The molecule has 0 bridgehead atoms. The van der Waals surface area contributed by atoms with Gasteiger partial charge in [-0.3, -0.25) is 4.72 Å². The van der Waals surface area contributed by atoms with E-state index in [-0.39, 0.29) is 15.9 Å². The van der Waals surface area contributed by atoms with E-state index in [1.807, 2.05) is 0 Å². The molecule has 0 aromatic carbocycles. The highest BCUT2D eigenvalue weighted by molar-refractivity contribution is 7.92. The molecular formula is C9H9ClN4O2S. The number of halogens is 1. The number of nitrogens with zero attached hydrogens (tertiary/aromatic N) is 3. The van der Waals surface area contributed by atoms with Crippen molar-refractivity contribution in [3.63, 3.8) is 0 Å². The van der Waals surface area contributed by atoms with Gasteiger partial charge in [-0.1, -0.05) is 11.6 Å². The van der Waals surface area contributed by atoms with Crippen molar-refractivity contribution in [2.24, 2.45) is 7.05 Å². The van der Waals surface area contributed by atoms with Gasteiger partial charge >= 0.3 is 0 Å². The molecule has 0 unspecified atom stereocenters. The van der Waals surface area contributed by atoms with E-state index in [1.54, 1.807) is 17.8 Å². The lowest BCUT2D eigenvalue weighted by Crippen LogP contribution is -2.14. The van der Waals surface area contributed by atoms with E-state index in [0.717, 1.165) is 0 Å². The Morgan fingerprint density at radius 2 is 2.06 bits per heavy atom. The average Bonchev–Trinajstić information content (AvgIpc) is 2.69. The Balaban J connectivity index is 2.33. The molecule has 0 aliphatic heterocycles. The molecule has 0 radical (unpaired) electrons. The van der Waals surface area contributed by atoms with Crippen molar-refractivity contribution < 1.29 is 8.42 Å². The Kier molecular flexibility index (Phi) is 3.03. The minimum atomic E-state index is -3.67. The third-order valence-corrected chi connectivity index (χ3v) is 3.60. The minimum absolute atomic E-state index is 0.00649. The Hall–Kier alpha value is -1.60. The summed E-state index contributed by atoms with van der Waals surface area (Å²) >= 11 is 5.72. The number of hydrogen-bond donors (Lipinski definition) is 1. The van der Waals surface area contributed by atoms with Crippen LogP contribution in [0.3, 0.4) is 0 Å². The Morgan fingerprint density at radius 1 is 1.35 bits per heavy atom. The van der Waals surface area contributed by atoms with Gasteiger partial charge in [-0.05, 0) is 6.07 Å². The molecule has 0 saturated heterocycles. The van der Waals surface area contributed by atoms with Gasteiger partial charge in [-0.15, -0.1) is 0 Å². The van der Waals surface area contributed by atoms with Gasteiger partial charge in [0.1, 0.15) is 4.90 Å². The normalized spacial score (nSPS) is 11.4. The molecule has 0 atom stereocenters. The number of sulfonamides is 1. The highest BCUT2D eigenvalue weighted by Crippen LogP contribution is 2.19. The van der Waals surface area contributed by atoms with E-state index in [9.17, 15) is 8.42 Å². The fraction of sp³-hybridized carbons (Fsp3) is 0.111. The van der Waals surface area contributed by atoms with Crippen LogP contribution in [0.15, 0.2) is 35.7 Å². The monoisotopic (exact) mass is 272 g/mol. The molecule has 6 nitrogen and oxygen atoms in total. The van der Waals surface area contributed by atoms with Gasteiger partial charge in [0.05, 0.1) is 0 Å². The average molecular weight is 273 g/mol. The molecule has 0 amide bonds. The second-order valence-corrected chi connectivity index (χ2v) is 5.35. The van der Waals surface area contributed by atoms with Gasteiger partial charge in [-0.2, -0.15) is 0 Å². The number of anilines is 1. The highest BCUT2D eigenvalue weighted by Gasteiger charge is 2.17. The van der Waals surface area contributed by atoms with Crippen LogP contribution >= 0.6 is 11.6 Å². The quantitative estimate of drug-likeness (QED) is 0.913. The van der Waals surface area contributed by atoms with Crippen molar-refractivity contribution in [1.29, 1.82) is 0 Å². The number of hydrogen-bond acceptors (Lipinski definition) is 4. The van der Waals surface area contributed by atoms with Crippen LogP contribution in [0.25, 0.3) is 0 Å². The van der Waals surface area contributed by atoms with Crippen molar-refractivity contribution >= 4 is 27.4 Å². The molecule has 90 valence electrons. The number of aryl methyl sites for hydroxylation is 1. The molecule has 0 saturated carbocycles. The van der Waals surface area contributed by atoms with Gasteiger partial charge in [0.25, 0.3) is 10.0 Å². The molecule has 0 fully saturated rings. The lowest BCUT2D eigenvalue weighted by molar-refractivity contribution is 0.601. The Morgan fingerprint density at radius 3 is 2.65 bits per heavy atom. The van der Waals surface area contributed by atoms with Gasteiger partial charge < -0.3 is 4.57 Å². The standard InChI is InChI=1S/C9H9ClN4O2S/c1-14-5-2-7(6-14)17(15,16)13-9-8(10)11-3-4-12-9/h2-6H,1H3,(H,12,13). The molecule has 2 aromatic rings. The number of nitrogens with one attached hydrogen (secondary N) is 1. The number of rotatable bonds is 3. The van der Waals surface area contributed by atoms with Crippen LogP contribution in [0.2, 0.25) is 5.15 Å². The van der Waals surface area contributed by atoms with Gasteiger partial charge in [0.2, 0.25) is 0 Å². The molecule has 8 heteroatoms. The van der Waals surface area contributed by atoms with E-state index in [1.165, 1.54) is 24.7 Å². The van der Waals surface area contributed by atoms with Gasteiger partial charge in [0.15, 0.2) is 11.0 Å². The van der Waals surface area contributed by atoms with Crippen LogP contribution < -0.4 is 4.72 Å². The van der Waals surface area contributed by atoms with Gasteiger partial charge in [0, 0.05) is 31.8 Å². The van der Waals surface area contributed by atoms with Crippen LogP contribution in [0.4, 0.5) is 5.82 Å². The molecule has 17 heavy (non-hydrogen) atoms. The first-order valence-corrected chi connectivity index (χ1v) is 6.46. The van der Waals surface area contributed by atoms with Crippen LogP contribution in [-0.4, -0.2) is 23.0 Å². The first kappa shape index (κ1) is 11.9. The van der Waals surface area contributed by atoms with Crippen molar-refractivity contribution in [3.8, 4) is 0 Å². The van der Waals surface area contributed by atoms with E-state index < -0.39 is 10.0 Å². The second-order valence-electron chi connectivity index (χ2n) is 3.31. The lowest BCUT2D eigenvalue weighted by Gasteiger charge is -2.05. The maximum atomic E-state index is 11.9. The first-order valence-electron chi connectivity index (χ1n) is 4.60. The summed E-state index contributed by atoms with van der Waals surface area (Å²) in [6.07, 6.45) is 5.84. The van der Waals surface area contributed by atoms with Crippen LogP contribution in [-0.2, 0) is 17.1 Å². The second kappa shape index (κ2) is 4.34. The maximum Gasteiger partial charge on any atom is 0.264 e. The fourth-order valence-electron chi connectivity index (χ4n) is 1.21. The zero-order valence-electron chi connectivity index (χ0n) is 8.83. The molecule has 2 rings (SSSR count). The summed E-state index contributed by atoms with van der Waals surface area (Å²) in [5.74, 6) is 0.0121. The highest BCUT2D eigenvalue weighted by atomic mass is 35.5. The summed E-state index contributed by atoms with van der Waals surface area (Å²) in [6, 6.07) is 1.48. The maximum absolute atomic E-state index is 11.9. The summed E-state index contributed by atoms with van der Waals surface area (Å²) < 4.78 is 27.7. The molecule has 0 aliphatic carbocycles. The summed E-state index contributed by atoms with van der Waals surface area (Å²) in [5.41, 5.74) is 0. The third-order valence-electron chi connectivity index (χ3n) is 2.00. The van der Waals surface area contributed by atoms with E-state index >= 15 is 0 Å².